The minimum atomic E-state index is -3.86. The van der Waals surface area contributed by atoms with Gasteiger partial charge in [0.2, 0.25) is 10.0 Å². The Morgan fingerprint density at radius 1 is 1.09 bits per heavy atom. The van der Waals surface area contributed by atoms with E-state index in [0.29, 0.717) is 5.56 Å². The number of aryl methyl sites for hydroxylation is 2. The van der Waals surface area contributed by atoms with E-state index in [-0.39, 0.29) is 10.6 Å². The molecule has 0 aliphatic carbocycles. The Morgan fingerprint density at radius 2 is 1.70 bits per heavy atom. The van der Waals surface area contributed by atoms with Crippen LogP contribution in [0.25, 0.3) is 0 Å². The average Bonchev–Trinajstić information content (AvgIpc) is 2.47. The lowest BCUT2D eigenvalue weighted by atomic mass is 10.1. The highest BCUT2D eigenvalue weighted by Gasteiger charge is 2.23. The molecule has 1 N–H and O–H groups in total. The molecule has 0 bridgehead atoms. The largest absolute Gasteiger partial charge is 0.270 e. The van der Waals surface area contributed by atoms with Gasteiger partial charge in [-0.3, -0.25) is 10.1 Å². The van der Waals surface area contributed by atoms with Crippen LogP contribution in [0.2, 0.25) is 0 Å². The number of hydrogen-bond acceptors (Lipinski definition) is 4. The van der Waals surface area contributed by atoms with Crippen molar-refractivity contribution in [2.75, 3.05) is 0 Å². The maximum atomic E-state index is 12.5. The Hall–Kier alpha value is -2.25. The quantitative estimate of drug-likeness (QED) is 0.671. The third kappa shape index (κ3) is 3.94. The Labute approximate surface area is 135 Å². The van der Waals surface area contributed by atoms with Gasteiger partial charge in [0.05, 0.1) is 9.82 Å². The van der Waals surface area contributed by atoms with E-state index < -0.39 is 21.0 Å². The summed E-state index contributed by atoms with van der Waals surface area (Å²) in [6.45, 7) is 5.29. The molecule has 0 aliphatic heterocycles. The fraction of sp³-hybridized carbons (Fsp3) is 0.250. The summed E-state index contributed by atoms with van der Waals surface area (Å²) in [5.41, 5.74) is 2.11. The summed E-state index contributed by atoms with van der Waals surface area (Å²) in [6.07, 6.45) is 0. The topological polar surface area (TPSA) is 89.3 Å². The van der Waals surface area contributed by atoms with Gasteiger partial charge in [0.15, 0.2) is 0 Å². The first-order valence-corrected chi connectivity index (χ1v) is 8.53. The number of benzene rings is 2. The summed E-state index contributed by atoms with van der Waals surface area (Å²) in [5, 5.41) is 10.9. The van der Waals surface area contributed by atoms with Crippen LogP contribution < -0.4 is 4.72 Å². The minimum absolute atomic E-state index is 0.0781. The lowest BCUT2D eigenvalue weighted by molar-refractivity contribution is -0.385. The second-order valence-electron chi connectivity index (χ2n) is 5.46. The highest BCUT2D eigenvalue weighted by atomic mass is 32.2. The number of non-ortho nitro benzene ring substituents is 1. The van der Waals surface area contributed by atoms with E-state index in [9.17, 15) is 18.5 Å². The molecule has 0 fully saturated rings. The van der Waals surface area contributed by atoms with Gasteiger partial charge in [0.25, 0.3) is 5.69 Å². The fourth-order valence-electron chi connectivity index (χ4n) is 2.21. The molecule has 7 heteroatoms. The Kier molecular flexibility index (Phi) is 4.82. The Balaban J connectivity index is 2.33. The molecule has 2 rings (SSSR count). The van der Waals surface area contributed by atoms with Crippen molar-refractivity contribution in [3.8, 4) is 0 Å². The molecule has 0 saturated carbocycles. The number of nitro benzene ring substituents is 1. The van der Waals surface area contributed by atoms with E-state index >= 15 is 0 Å². The summed E-state index contributed by atoms with van der Waals surface area (Å²) in [5.74, 6) is 0. The average molecular weight is 334 g/mol. The highest BCUT2D eigenvalue weighted by molar-refractivity contribution is 7.89. The Bertz CT molecular complexity index is 830. The van der Waals surface area contributed by atoms with Gasteiger partial charge in [-0.25, -0.2) is 13.1 Å². The zero-order valence-corrected chi connectivity index (χ0v) is 13.9. The molecular weight excluding hydrogens is 316 g/mol. The number of nitrogens with one attached hydrogen (secondary N) is 1. The second-order valence-corrected chi connectivity index (χ2v) is 7.14. The molecule has 23 heavy (non-hydrogen) atoms. The predicted molar refractivity (Wildman–Crippen MR) is 87.7 cm³/mol. The maximum absolute atomic E-state index is 12.5. The van der Waals surface area contributed by atoms with Gasteiger partial charge < -0.3 is 0 Å². The monoisotopic (exact) mass is 334 g/mol. The van der Waals surface area contributed by atoms with Gasteiger partial charge in [-0.2, -0.15) is 0 Å². The van der Waals surface area contributed by atoms with Crippen LogP contribution in [0.15, 0.2) is 47.4 Å². The molecule has 0 spiro atoms. The molecule has 122 valence electrons. The molecule has 0 aromatic heterocycles. The van der Waals surface area contributed by atoms with E-state index in [1.54, 1.807) is 13.8 Å². The molecule has 0 radical (unpaired) electrons. The van der Waals surface area contributed by atoms with Crippen LogP contribution in [-0.4, -0.2) is 13.3 Å². The predicted octanol–water partition coefficient (Wildman–Crippen LogP) is 3.25. The zero-order valence-electron chi connectivity index (χ0n) is 13.1. The zero-order chi connectivity index (χ0) is 17.2. The van der Waals surface area contributed by atoms with Crippen molar-refractivity contribution in [1.29, 1.82) is 0 Å². The molecule has 0 amide bonds. The van der Waals surface area contributed by atoms with Crippen molar-refractivity contribution >= 4 is 15.7 Å². The van der Waals surface area contributed by atoms with E-state index in [1.165, 1.54) is 12.1 Å². The number of rotatable bonds is 5. The van der Waals surface area contributed by atoms with Crippen LogP contribution in [-0.2, 0) is 10.0 Å². The number of nitro groups is 1. The third-order valence-electron chi connectivity index (χ3n) is 3.58. The van der Waals surface area contributed by atoms with Crippen molar-refractivity contribution < 1.29 is 13.3 Å². The molecule has 0 saturated heterocycles. The molecule has 1 atom stereocenters. The number of sulfonamides is 1. The Morgan fingerprint density at radius 3 is 2.26 bits per heavy atom. The summed E-state index contributed by atoms with van der Waals surface area (Å²) >= 11 is 0. The van der Waals surface area contributed by atoms with Crippen molar-refractivity contribution in [2.45, 2.75) is 31.7 Å². The minimum Gasteiger partial charge on any atom is -0.258 e. The second kappa shape index (κ2) is 6.47. The van der Waals surface area contributed by atoms with Crippen molar-refractivity contribution in [1.82, 2.24) is 4.72 Å². The standard InChI is InChI=1S/C16H18N2O4S/c1-11-4-7-14(8-5-11)13(3)17-23(21,22)16-10-15(18(19)20)9-6-12(16)2/h4-10,13,17H,1-3H3. The van der Waals surface area contributed by atoms with E-state index in [1.807, 2.05) is 31.2 Å². The number of nitrogens with zero attached hydrogens (tertiary/aromatic N) is 1. The van der Waals surface area contributed by atoms with Gasteiger partial charge in [0, 0.05) is 18.2 Å². The first-order chi connectivity index (χ1) is 10.7. The van der Waals surface area contributed by atoms with Gasteiger partial charge in [-0.15, -0.1) is 0 Å². The summed E-state index contributed by atoms with van der Waals surface area (Å²) in [7, 11) is -3.86. The van der Waals surface area contributed by atoms with Crippen LogP contribution in [0.4, 0.5) is 5.69 Å². The van der Waals surface area contributed by atoms with Crippen molar-refractivity contribution in [3.05, 3.63) is 69.3 Å². The van der Waals surface area contributed by atoms with Gasteiger partial charge in [0.1, 0.15) is 0 Å². The lowest BCUT2D eigenvalue weighted by Gasteiger charge is -2.16. The molecular formula is C16H18N2O4S. The van der Waals surface area contributed by atoms with Crippen molar-refractivity contribution in [2.24, 2.45) is 0 Å². The van der Waals surface area contributed by atoms with E-state index in [4.69, 9.17) is 0 Å². The fourth-order valence-corrected chi connectivity index (χ4v) is 3.71. The van der Waals surface area contributed by atoms with Crippen molar-refractivity contribution in [3.63, 3.8) is 0 Å². The number of hydrogen-bond donors (Lipinski definition) is 1. The van der Waals surface area contributed by atoms with Crippen LogP contribution in [0, 0.1) is 24.0 Å². The summed E-state index contributed by atoms with van der Waals surface area (Å²) in [6, 6.07) is 10.9. The maximum Gasteiger partial charge on any atom is 0.270 e. The molecule has 6 nitrogen and oxygen atoms in total. The van der Waals surface area contributed by atoms with Gasteiger partial charge in [-0.05, 0) is 31.9 Å². The normalized spacial score (nSPS) is 12.8. The molecule has 2 aromatic rings. The molecule has 1 unspecified atom stereocenters. The van der Waals surface area contributed by atoms with Crippen LogP contribution in [0.5, 0.6) is 0 Å². The smallest absolute Gasteiger partial charge is 0.258 e. The molecule has 0 heterocycles. The lowest BCUT2D eigenvalue weighted by Crippen LogP contribution is -2.27. The SMILES string of the molecule is Cc1ccc(C(C)NS(=O)(=O)c2cc([N+](=O)[O-])ccc2C)cc1. The van der Waals surface area contributed by atoms with Gasteiger partial charge in [-0.1, -0.05) is 35.9 Å². The first-order valence-electron chi connectivity index (χ1n) is 7.04. The summed E-state index contributed by atoms with van der Waals surface area (Å²) < 4.78 is 27.7. The van der Waals surface area contributed by atoms with Crippen LogP contribution in [0.3, 0.4) is 0 Å². The molecule has 0 aliphatic rings. The van der Waals surface area contributed by atoms with E-state index in [0.717, 1.165) is 17.2 Å². The van der Waals surface area contributed by atoms with E-state index in [2.05, 4.69) is 4.72 Å². The third-order valence-corrected chi connectivity index (χ3v) is 5.26. The summed E-state index contributed by atoms with van der Waals surface area (Å²) in [4.78, 5) is 10.2. The highest BCUT2D eigenvalue weighted by Crippen LogP contribution is 2.23. The van der Waals surface area contributed by atoms with Crippen LogP contribution >= 0.6 is 0 Å². The van der Waals surface area contributed by atoms with Crippen LogP contribution in [0.1, 0.15) is 29.7 Å². The molecule has 2 aromatic carbocycles. The van der Waals surface area contributed by atoms with Gasteiger partial charge >= 0.3 is 0 Å². The first kappa shape index (κ1) is 17.1.